The maximum atomic E-state index is 13.5. The number of imidazole rings is 1. The SMILES string of the molecule is CC.C[C@H](Cn1cnc2cc(F)c(F)cc21)C(=O)Nc1ccc(C#N)c(C(F)(F)F)c1. The molecule has 0 fully saturated rings. The van der Waals surface area contributed by atoms with E-state index in [-0.39, 0.29) is 23.3 Å². The van der Waals surface area contributed by atoms with E-state index in [0.717, 1.165) is 18.2 Å². The first-order valence-corrected chi connectivity index (χ1v) is 9.32. The summed E-state index contributed by atoms with van der Waals surface area (Å²) in [6.45, 7) is 5.56. The van der Waals surface area contributed by atoms with Gasteiger partial charge in [0.15, 0.2) is 11.6 Å². The number of nitriles is 1. The molecule has 3 aromatic rings. The number of nitrogens with zero attached hydrogens (tertiary/aromatic N) is 3. The number of alkyl halides is 3. The van der Waals surface area contributed by atoms with Crippen LogP contribution in [0, 0.1) is 28.9 Å². The van der Waals surface area contributed by atoms with Crippen LogP contribution in [0.3, 0.4) is 0 Å². The zero-order chi connectivity index (χ0) is 23.3. The van der Waals surface area contributed by atoms with Crippen molar-refractivity contribution in [3.05, 3.63) is 59.4 Å². The number of rotatable bonds is 4. The zero-order valence-corrected chi connectivity index (χ0v) is 16.9. The molecule has 0 bridgehead atoms. The highest BCUT2D eigenvalue weighted by Crippen LogP contribution is 2.33. The Morgan fingerprint density at radius 3 is 2.45 bits per heavy atom. The second-order valence-electron chi connectivity index (χ2n) is 6.41. The molecule has 3 rings (SSSR count). The Labute approximate surface area is 175 Å². The van der Waals surface area contributed by atoms with Gasteiger partial charge >= 0.3 is 6.18 Å². The van der Waals surface area contributed by atoms with E-state index < -0.39 is 40.8 Å². The number of anilines is 1. The second kappa shape index (κ2) is 9.55. The molecule has 0 saturated carbocycles. The Bertz CT molecular complexity index is 1130. The third kappa shape index (κ3) is 5.36. The lowest BCUT2D eigenvalue weighted by Crippen LogP contribution is -2.24. The van der Waals surface area contributed by atoms with Crippen LogP contribution in [0.2, 0.25) is 0 Å². The van der Waals surface area contributed by atoms with Crippen molar-refractivity contribution in [1.29, 1.82) is 5.26 Å². The lowest BCUT2D eigenvalue weighted by Gasteiger charge is -2.15. The van der Waals surface area contributed by atoms with Crippen LogP contribution in [0.5, 0.6) is 0 Å². The van der Waals surface area contributed by atoms with Crippen LogP contribution in [0.25, 0.3) is 11.0 Å². The molecule has 1 atom stereocenters. The summed E-state index contributed by atoms with van der Waals surface area (Å²) in [7, 11) is 0. The van der Waals surface area contributed by atoms with Crippen LogP contribution < -0.4 is 5.32 Å². The summed E-state index contributed by atoms with van der Waals surface area (Å²) in [6.07, 6.45) is -3.43. The highest BCUT2D eigenvalue weighted by atomic mass is 19.4. The van der Waals surface area contributed by atoms with Crippen LogP contribution >= 0.6 is 0 Å². The standard InChI is InChI=1S/C19H13F5N4O.C2H6/c1-10(8-28-9-26-16-5-14(20)15(21)6-17(16)28)18(29)27-12-3-2-11(7-25)13(4-12)19(22,23)24;1-2/h2-6,9-10H,8H2,1H3,(H,27,29);1-2H3/t10-;/m1./s1. The molecule has 1 aromatic heterocycles. The van der Waals surface area contributed by atoms with Crippen molar-refractivity contribution < 1.29 is 26.7 Å². The van der Waals surface area contributed by atoms with Gasteiger partial charge in [-0.15, -0.1) is 0 Å². The number of carbonyl (C=O) groups is 1. The molecule has 10 heteroatoms. The first-order valence-electron chi connectivity index (χ1n) is 9.32. The largest absolute Gasteiger partial charge is 0.417 e. The minimum atomic E-state index is -4.74. The maximum absolute atomic E-state index is 13.5. The van der Waals surface area contributed by atoms with Crippen LogP contribution in [0.15, 0.2) is 36.7 Å². The molecule has 1 N–H and O–H groups in total. The van der Waals surface area contributed by atoms with Gasteiger partial charge in [-0.1, -0.05) is 20.8 Å². The fourth-order valence-corrected chi connectivity index (χ4v) is 2.80. The van der Waals surface area contributed by atoms with Crippen molar-refractivity contribution in [3.63, 3.8) is 0 Å². The van der Waals surface area contributed by atoms with Crippen molar-refractivity contribution in [1.82, 2.24) is 9.55 Å². The van der Waals surface area contributed by atoms with Gasteiger partial charge in [-0.25, -0.2) is 13.8 Å². The quantitative estimate of drug-likeness (QED) is 0.547. The molecule has 0 aliphatic carbocycles. The van der Waals surface area contributed by atoms with Gasteiger partial charge in [0.1, 0.15) is 0 Å². The number of hydrogen-bond acceptors (Lipinski definition) is 3. The number of carbonyl (C=O) groups excluding carboxylic acids is 1. The summed E-state index contributed by atoms with van der Waals surface area (Å²) in [5.74, 6) is -3.43. The number of benzene rings is 2. The number of amides is 1. The first-order chi connectivity index (χ1) is 14.6. The summed E-state index contributed by atoms with van der Waals surface area (Å²) in [5, 5.41) is 11.2. The highest BCUT2D eigenvalue weighted by Gasteiger charge is 2.34. The second-order valence-corrected chi connectivity index (χ2v) is 6.41. The summed E-state index contributed by atoms with van der Waals surface area (Å²) in [4.78, 5) is 16.3. The van der Waals surface area contributed by atoms with Crippen molar-refractivity contribution >= 4 is 22.6 Å². The number of aromatic nitrogens is 2. The average molecular weight is 438 g/mol. The molecule has 0 saturated heterocycles. The molecule has 0 aliphatic heterocycles. The van der Waals surface area contributed by atoms with Gasteiger partial charge in [-0.05, 0) is 18.2 Å². The van der Waals surface area contributed by atoms with E-state index in [1.165, 1.54) is 30.0 Å². The van der Waals surface area contributed by atoms with Gasteiger partial charge in [0.25, 0.3) is 0 Å². The fourth-order valence-electron chi connectivity index (χ4n) is 2.80. The summed E-state index contributed by atoms with van der Waals surface area (Å²) >= 11 is 0. The lowest BCUT2D eigenvalue weighted by molar-refractivity contribution is -0.137. The summed E-state index contributed by atoms with van der Waals surface area (Å²) in [6, 6.07) is 6.21. The normalized spacial score (nSPS) is 12.0. The average Bonchev–Trinajstić information content (AvgIpc) is 3.10. The van der Waals surface area contributed by atoms with Crippen LogP contribution in [-0.4, -0.2) is 15.5 Å². The van der Waals surface area contributed by atoms with E-state index in [2.05, 4.69) is 10.3 Å². The van der Waals surface area contributed by atoms with E-state index in [4.69, 9.17) is 5.26 Å². The van der Waals surface area contributed by atoms with E-state index in [1.54, 1.807) is 0 Å². The molecule has 5 nitrogen and oxygen atoms in total. The van der Waals surface area contributed by atoms with Crippen molar-refractivity contribution in [3.8, 4) is 6.07 Å². The molecule has 2 aromatic carbocycles. The molecule has 1 heterocycles. The van der Waals surface area contributed by atoms with E-state index in [9.17, 15) is 26.7 Å². The molecular formula is C21H19F5N4O. The van der Waals surface area contributed by atoms with Crippen LogP contribution in [0.1, 0.15) is 31.9 Å². The Hall–Kier alpha value is -3.48. The minimum Gasteiger partial charge on any atom is -0.330 e. The van der Waals surface area contributed by atoms with Gasteiger partial charge in [0, 0.05) is 24.4 Å². The minimum absolute atomic E-state index is 0.0375. The highest BCUT2D eigenvalue weighted by molar-refractivity contribution is 5.92. The topological polar surface area (TPSA) is 70.7 Å². The zero-order valence-electron chi connectivity index (χ0n) is 16.9. The lowest BCUT2D eigenvalue weighted by atomic mass is 10.1. The molecule has 164 valence electrons. The predicted octanol–water partition coefficient (Wildman–Crippen LogP) is 5.51. The number of halogens is 5. The van der Waals surface area contributed by atoms with Crippen molar-refractivity contribution in [2.75, 3.05) is 5.32 Å². The van der Waals surface area contributed by atoms with Gasteiger partial charge in [-0.2, -0.15) is 18.4 Å². The Balaban J connectivity index is 0.00000166. The summed E-state index contributed by atoms with van der Waals surface area (Å²) < 4.78 is 67.3. The van der Waals surface area contributed by atoms with E-state index >= 15 is 0 Å². The predicted molar refractivity (Wildman–Crippen MR) is 105 cm³/mol. The van der Waals surface area contributed by atoms with Crippen LogP contribution in [0.4, 0.5) is 27.6 Å². The van der Waals surface area contributed by atoms with Crippen molar-refractivity contribution in [2.45, 2.75) is 33.5 Å². The fraction of sp³-hybridized carbons (Fsp3) is 0.286. The molecular weight excluding hydrogens is 419 g/mol. The third-order valence-corrected chi connectivity index (χ3v) is 4.29. The van der Waals surface area contributed by atoms with Gasteiger partial charge in [0.05, 0.1) is 40.5 Å². The van der Waals surface area contributed by atoms with E-state index in [0.29, 0.717) is 6.07 Å². The Kier molecular flexibility index (Phi) is 7.33. The maximum Gasteiger partial charge on any atom is 0.417 e. The molecule has 0 aliphatic rings. The molecule has 0 radical (unpaired) electrons. The monoisotopic (exact) mass is 438 g/mol. The third-order valence-electron chi connectivity index (χ3n) is 4.29. The van der Waals surface area contributed by atoms with Gasteiger partial charge < -0.3 is 9.88 Å². The number of nitrogens with one attached hydrogen (secondary N) is 1. The molecule has 0 unspecified atom stereocenters. The molecule has 0 spiro atoms. The first kappa shape index (κ1) is 23.8. The van der Waals surface area contributed by atoms with Gasteiger partial charge in [-0.3, -0.25) is 4.79 Å². The van der Waals surface area contributed by atoms with Crippen LogP contribution in [-0.2, 0) is 17.5 Å². The Morgan fingerprint density at radius 2 is 1.84 bits per heavy atom. The molecule has 31 heavy (non-hydrogen) atoms. The van der Waals surface area contributed by atoms with Crippen molar-refractivity contribution in [2.24, 2.45) is 5.92 Å². The number of hydrogen-bond donors (Lipinski definition) is 1. The molecule has 1 amide bonds. The number of fused-ring (bicyclic) bond motifs is 1. The smallest absolute Gasteiger partial charge is 0.330 e. The van der Waals surface area contributed by atoms with Gasteiger partial charge in [0.2, 0.25) is 5.91 Å². The van der Waals surface area contributed by atoms with E-state index in [1.807, 2.05) is 13.8 Å². The summed E-state index contributed by atoms with van der Waals surface area (Å²) in [5.41, 5.74) is -1.33. The Morgan fingerprint density at radius 1 is 1.19 bits per heavy atom.